The van der Waals surface area contributed by atoms with E-state index in [4.69, 9.17) is 23.2 Å². The van der Waals surface area contributed by atoms with Gasteiger partial charge in [0.25, 0.3) is 5.91 Å². The third-order valence-corrected chi connectivity index (χ3v) is 3.32. The second-order valence-corrected chi connectivity index (χ2v) is 5.24. The number of rotatable bonds is 4. The molecule has 0 aliphatic carbocycles. The molecule has 0 unspecified atom stereocenters. The first kappa shape index (κ1) is 14.8. The van der Waals surface area contributed by atoms with E-state index in [1.807, 2.05) is 30.3 Å². The van der Waals surface area contributed by atoms with Crippen molar-refractivity contribution in [2.24, 2.45) is 0 Å². The second-order valence-electron chi connectivity index (χ2n) is 4.46. The zero-order chi connectivity index (χ0) is 14.5. The molecule has 1 heterocycles. The summed E-state index contributed by atoms with van der Waals surface area (Å²) in [6.45, 7) is 0.625. The predicted octanol–water partition coefficient (Wildman–Crippen LogP) is 3.70. The van der Waals surface area contributed by atoms with Crippen molar-refractivity contribution in [3.8, 4) is 0 Å². The van der Waals surface area contributed by atoms with E-state index in [1.165, 1.54) is 17.7 Å². The topological polar surface area (TPSA) is 33.2 Å². The minimum atomic E-state index is -0.118. The van der Waals surface area contributed by atoms with E-state index in [9.17, 15) is 4.79 Å². The third-order valence-electron chi connectivity index (χ3n) is 2.94. The van der Waals surface area contributed by atoms with Gasteiger partial charge in [-0.1, -0.05) is 53.5 Å². The average molecular weight is 309 g/mol. The summed E-state index contributed by atoms with van der Waals surface area (Å²) in [5.74, 6) is -0.118. The van der Waals surface area contributed by atoms with Gasteiger partial charge in [0.15, 0.2) is 0 Å². The molecule has 0 aliphatic rings. The Bertz CT molecular complexity index is 582. The second kappa shape index (κ2) is 6.73. The van der Waals surface area contributed by atoms with Gasteiger partial charge < -0.3 is 4.90 Å². The fraction of sp³-hybridized carbons (Fsp3) is 0.200. The summed E-state index contributed by atoms with van der Waals surface area (Å²) in [6, 6.07) is 13.1. The lowest BCUT2D eigenvalue weighted by molar-refractivity contribution is 0.0796. The SMILES string of the molecule is CN(CCc1ccccc1)C(=O)c1cc(Cl)nc(Cl)c1. The number of pyridine rings is 1. The molecule has 1 amide bonds. The molecule has 0 fully saturated rings. The molecule has 0 N–H and O–H groups in total. The zero-order valence-electron chi connectivity index (χ0n) is 11.0. The number of nitrogens with zero attached hydrogens (tertiary/aromatic N) is 2. The van der Waals surface area contributed by atoms with Gasteiger partial charge >= 0.3 is 0 Å². The minimum absolute atomic E-state index is 0.118. The van der Waals surface area contributed by atoms with Crippen LogP contribution in [0.5, 0.6) is 0 Å². The lowest BCUT2D eigenvalue weighted by atomic mass is 10.1. The Kier molecular flexibility index (Phi) is 4.99. The van der Waals surface area contributed by atoms with Crippen molar-refractivity contribution < 1.29 is 4.79 Å². The molecule has 3 nitrogen and oxygen atoms in total. The van der Waals surface area contributed by atoms with Crippen molar-refractivity contribution in [3.63, 3.8) is 0 Å². The highest BCUT2D eigenvalue weighted by atomic mass is 35.5. The van der Waals surface area contributed by atoms with Gasteiger partial charge in [0.2, 0.25) is 0 Å². The van der Waals surface area contributed by atoms with Crippen LogP contribution in [0.25, 0.3) is 0 Å². The standard InChI is InChI=1S/C15H14Cl2N2O/c1-19(8-7-11-5-3-2-4-6-11)15(20)12-9-13(16)18-14(17)10-12/h2-6,9-10H,7-8H2,1H3. The summed E-state index contributed by atoms with van der Waals surface area (Å²) in [7, 11) is 1.76. The maximum absolute atomic E-state index is 12.3. The number of aromatic nitrogens is 1. The molecule has 0 radical (unpaired) electrons. The normalized spacial score (nSPS) is 10.3. The summed E-state index contributed by atoms with van der Waals surface area (Å²) in [5.41, 5.74) is 1.64. The Morgan fingerprint density at radius 3 is 2.35 bits per heavy atom. The van der Waals surface area contributed by atoms with Crippen LogP contribution in [0.4, 0.5) is 0 Å². The van der Waals surface area contributed by atoms with E-state index in [2.05, 4.69) is 4.98 Å². The van der Waals surface area contributed by atoms with Gasteiger partial charge in [-0.05, 0) is 24.1 Å². The Labute approximate surface area is 128 Å². The van der Waals surface area contributed by atoms with Crippen LogP contribution >= 0.6 is 23.2 Å². The minimum Gasteiger partial charge on any atom is -0.341 e. The zero-order valence-corrected chi connectivity index (χ0v) is 12.5. The molecule has 2 aromatic rings. The van der Waals surface area contributed by atoms with E-state index in [-0.39, 0.29) is 16.2 Å². The van der Waals surface area contributed by atoms with Gasteiger partial charge in [0.05, 0.1) is 0 Å². The Morgan fingerprint density at radius 2 is 1.75 bits per heavy atom. The quantitative estimate of drug-likeness (QED) is 0.807. The third kappa shape index (κ3) is 3.95. The summed E-state index contributed by atoms with van der Waals surface area (Å²) in [4.78, 5) is 17.7. The summed E-state index contributed by atoms with van der Waals surface area (Å²) in [6.07, 6.45) is 0.801. The van der Waals surface area contributed by atoms with E-state index in [0.29, 0.717) is 12.1 Å². The molecule has 1 aromatic carbocycles. The molecule has 0 saturated carbocycles. The smallest absolute Gasteiger partial charge is 0.253 e. The van der Waals surface area contributed by atoms with Crippen LogP contribution in [0, 0.1) is 0 Å². The van der Waals surface area contributed by atoms with Gasteiger partial charge in [0.1, 0.15) is 10.3 Å². The molecule has 0 spiro atoms. The highest BCUT2D eigenvalue weighted by Gasteiger charge is 2.13. The van der Waals surface area contributed by atoms with Gasteiger partial charge in [-0.25, -0.2) is 4.98 Å². The Morgan fingerprint density at radius 1 is 1.15 bits per heavy atom. The Balaban J connectivity index is 2.01. The van der Waals surface area contributed by atoms with Crippen LogP contribution in [-0.4, -0.2) is 29.4 Å². The predicted molar refractivity (Wildman–Crippen MR) is 81.4 cm³/mol. The monoisotopic (exact) mass is 308 g/mol. The number of halogens is 2. The number of likely N-dealkylation sites (N-methyl/N-ethyl adjacent to an activating group) is 1. The van der Waals surface area contributed by atoms with Crippen molar-refractivity contribution in [2.75, 3.05) is 13.6 Å². The van der Waals surface area contributed by atoms with Crippen LogP contribution < -0.4 is 0 Å². The maximum atomic E-state index is 12.3. The lowest BCUT2D eigenvalue weighted by Gasteiger charge is -2.17. The van der Waals surface area contributed by atoms with Crippen molar-refractivity contribution >= 4 is 29.1 Å². The highest BCUT2D eigenvalue weighted by Crippen LogP contribution is 2.16. The van der Waals surface area contributed by atoms with Crippen LogP contribution in [0.1, 0.15) is 15.9 Å². The van der Waals surface area contributed by atoms with E-state index in [0.717, 1.165) is 6.42 Å². The van der Waals surface area contributed by atoms with Gasteiger partial charge in [-0.3, -0.25) is 4.79 Å². The first-order valence-corrected chi connectivity index (χ1v) is 6.94. The van der Waals surface area contributed by atoms with Gasteiger partial charge in [-0.15, -0.1) is 0 Å². The number of carbonyl (C=O) groups excluding carboxylic acids is 1. The molecule has 104 valence electrons. The van der Waals surface area contributed by atoms with Crippen LogP contribution in [0.2, 0.25) is 10.3 Å². The summed E-state index contributed by atoms with van der Waals surface area (Å²) >= 11 is 11.6. The van der Waals surface area contributed by atoms with Crippen LogP contribution in [0.3, 0.4) is 0 Å². The van der Waals surface area contributed by atoms with Crippen molar-refractivity contribution in [3.05, 3.63) is 63.9 Å². The maximum Gasteiger partial charge on any atom is 0.253 e. The summed E-state index contributed by atoms with van der Waals surface area (Å²) in [5, 5.41) is 0.439. The Hall–Kier alpha value is -1.58. The van der Waals surface area contributed by atoms with Crippen LogP contribution in [-0.2, 0) is 6.42 Å². The largest absolute Gasteiger partial charge is 0.341 e. The molecule has 1 aromatic heterocycles. The fourth-order valence-corrected chi connectivity index (χ4v) is 2.31. The molecular weight excluding hydrogens is 295 g/mol. The molecule has 0 bridgehead atoms. The van der Waals surface area contributed by atoms with Crippen molar-refractivity contribution in [1.82, 2.24) is 9.88 Å². The number of hydrogen-bond donors (Lipinski definition) is 0. The summed E-state index contributed by atoms with van der Waals surface area (Å²) < 4.78 is 0. The first-order chi connectivity index (χ1) is 9.56. The first-order valence-electron chi connectivity index (χ1n) is 6.19. The molecular formula is C15H14Cl2N2O. The van der Waals surface area contributed by atoms with Gasteiger partial charge in [0, 0.05) is 19.2 Å². The number of benzene rings is 1. The average Bonchev–Trinajstić information content (AvgIpc) is 2.44. The van der Waals surface area contributed by atoms with E-state index in [1.54, 1.807) is 11.9 Å². The lowest BCUT2D eigenvalue weighted by Crippen LogP contribution is -2.28. The van der Waals surface area contributed by atoms with Crippen molar-refractivity contribution in [2.45, 2.75) is 6.42 Å². The fourth-order valence-electron chi connectivity index (χ4n) is 1.85. The van der Waals surface area contributed by atoms with E-state index >= 15 is 0 Å². The van der Waals surface area contributed by atoms with E-state index < -0.39 is 0 Å². The van der Waals surface area contributed by atoms with Gasteiger partial charge in [-0.2, -0.15) is 0 Å². The number of hydrogen-bond acceptors (Lipinski definition) is 2. The molecule has 0 aliphatic heterocycles. The van der Waals surface area contributed by atoms with Crippen LogP contribution in [0.15, 0.2) is 42.5 Å². The number of carbonyl (C=O) groups is 1. The molecule has 2 rings (SSSR count). The molecule has 0 atom stereocenters. The molecule has 5 heteroatoms. The van der Waals surface area contributed by atoms with Crippen molar-refractivity contribution in [1.29, 1.82) is 0 Å². The molecule has 0 saturated heterocycles. The highest BCUT2D eigenvalue weighted by molar-refractivity contribution is 6.33. The molecule has 20 heavy (non-hydrogen) atoms. The number of amides is 1.